The van der Waals surface area contributed by atoms with E-state index in [0.717, 1.165) is 24.6 Å². The molecular formula is C14H16N2O2. The van der Waals surface area contributed by atoms with E-state index in [2.05, 4.69) is 34.4 Å². The summed E-state index contributed by atoms with van der Waals surface area (Å²) in [5.41, 5.74) is 2.49. The van der Waals surface area contributed by atoms with E-state index in [0.29, 0.717) is 6.79 Å². The Kier molecular flexibility index (Phi) is 2.94. The molecule has 94 valence electrons. The first kappa shape index (κ1) is 11.2. The van der Waals surface area contributed by atoms with Gasteiger partial charge in [-0.05, 0) is 29.3 Å². The molecule has 1 aromatic heterocycles. The summed E-state index contributed by atoms with van der Waals surface area (Å²) in [7, 11) is 2.03. The highest BCUT2D eigenvalue weighted by Crippen LogP contribution is 2.32. The third kappa shape index (κ3) is 2.33. The fraction of sp³-hybridized carbons (Fsp3) is 0.286. The Bertz CT molecular complexity index is 548. The molecule has 0 radical (unpaired) electrons. The Morgan fingerprint density at radius 2 is 1.94 bits per heavy atom. The van der Waals surface area contributed by atoms with E-state index in [1.165, 1.54) is 11.1 Å². The highest BCUT2D eigenvalue weighted by Gasteiger charge is 2.12. The highest BCUT2D eigenvalue weighted by atomic mass is 16.7. The number of rotatable bonds is 4. The lowest BCUT2D eigenvalue weighted by Gasteiger charge is -2.04. The van der Waals surface area contributed by atoms with Gasteiger partial charge in [0, 0.05) is 32.5 Å². The molecule has 3 rings (SSSR count). The number of aromatic nitrogens is 1. The van der Waals surface area contributed by atoms with Gasteiger partial charge in [0.15, 0.2) is 11.5 Å². The molecule has 4 nitrogen and oxygen atoms in total. The molecule has 4 heteroatoms. The number of fused-ring (bicyclic) bond motifs is 1. The molecule has 2 heterocycles. The van der Waals surface area contributed by atoms with E-state index in [1.807, 2.05) is 19.2 Å². The van der Waals surface area contributed by atoms with Gasteiger partial charge >= 0.3 is 0 Å². The minimum Gasteiger partial charge on any atom is -0.454 e. The van der Waals surface area contributed by atoms with Crippen LogP contribution in [0, 0.1) is 0 Å². The van der Waals surface area contributed by atoms with Crippen molar-refractivity contribution in [1.82, 2.24) is 9.88 Å². The molecule has 0 unspecified atom stereocenters. The molecule has 0 amide bonds. The summed E-state index contributed by atoms with van der Waals surface area (Å²) in [5.74, 6) is 1.68. The molecule has 18 heavy (non-hydrogen) atoms. The number of hydrogen-bond donors (Lipinski definition) is 1. The molecule has 0 bridgehead atoms. The molecule has 1 aromatic carbocycles. The van der Waals surface area contributed by atoms with Crippen LogP contribution in [0.4, 0.5) is 0 Å². The zero-order chi connectivity index (χ0) is 12.4. The van der Waals surface area contributed by atoms with Gasteiger partial charge in [0.2, 0.25) is 6.79 Å². The topological polar surface area (TPSA) is 35.4 Å². The smallest absolute Gasteiger partial charge is 0.231 e. The van der Waals surface area contributed by atoms with Gasteiger partial charge in [0.25, 0.3) is 0 Å². The van der Waals surface area contributed by atoms with Gasteiger partial charge in [-0.2, -0.15) is 0 Å². The summed E-state index contributed by atoms with van der Waals surface area (Å²) < 4.78 is 12.7. The van der Waals surface area contributed by atoms with Crippen LogP contribution in [0.1, 0.15) is 11.1 Å². The Labute approximate surface area is 106 Å². The first-order chi connectivity index (χ1) is 8.81. The van der Waals surface area contributed by atoms with Gasteiger partial charge in [0.1, 0.15) is 0 Å². The van der Waals surface area contributed by atoms with Crippen LogP contribution in [0.3, 0.4) is 0 Å². The lowest BCUT2D eigenvalue weighted by molar-refractivity contribution is 0.174. The lowest BCUT2D eigenvalue weighted by atomic mass is 10.2. The van der Waals surface area contributed by atoms with Crippen LogP contribution in [-0.4, -0.2) is 11.4 Å². The second-order valence-electron chi connectivity index (χ2n) is 4.48. The first-order valence-corrected chi connectivity index (χ1v) is 6.01. The van der Waals surface area contributed by atoms with Crippen molar-refractivity contribution >= 4 is 0 Å². The Hall–Kier alpha value is -1.94. The van der Waals surface area contributed by atoms with E-state index in [9.17, 15) is 0 Å². The summed E-state index contributed by atoms with van der Waals surface area (Å²) in [4.78, 5) is 0. The fourth-order valence-corrected chi connectivity index (χ4v) is 2.07. The highest BCUT2D eigenvalue weighted by molar-refractivity contribution is 5.44. The SMILES string of the molecule is Cn1ccc(CNCc2ccc3c(c2)OCO3)c1. The molecule has 0 saturated carbocycles. The number of benzene rings is 1. The van der Waals surface area contributed by atoms with Crippen molar-refractivity contribution in [3.05, 3.63) is 47.8 Å². The van der Waals surface area contributed by atoms with E-state index in [4.69, 9.17) is 9.47 Å². The first-order valence-electron chi connectivity index (χ1n) is 6.01. The van der Waals surface area contributed by atoms with Crippen molar-refractivity contribution < 1.29 is 9.47 Å². The van der Waals surface area contributed by atoms with Crippen LogP contribution < -0.4 is 14.8 Å². The van der Waals surface area contributed by atoms with Crippen molar-refractivity contribution in [3.63, 3.8) is 0 Å². The van der Waals surface area contributed by atoms with E-state index in [1.54, 1.807) is 0 Å². The molecule has 1 aliphatic heterocycles. The lowest BCUT2D eigenvalue weighted by Crippen LogP contribution is -2.12. The van der Waals surface area contributed by atoms with Crippen LogP contribution in [0.2, 0.25) is 0 Å². The number of hydrogen-bond acceptors (Lipinski definition) is 3. The molecule has 0 aliphatic carbocycles. The van der Waals surface area contributed by atoms with Crippen LogP contribution in [0.25, 0.3) is 0 Å². The van der Waals surface area contributed by atoms with Crippen molar-refractivity contribution in [3.8, 4) is 11.5 Å². The zero-order valence-corrected chi connectivity index (χ0v) is 10.3. The fourth-order valence-electron chi connectivity index (χ4n) is 2.07. The van der Waals surface area contributed by atoms with Gasteiger partial charge in [-0.1, -0.05) is 6.07 Å². The zero-order valence-electron chi connectivity index (χ0n) is 10.3. The van der Waals surface area contributed by atoms with Crippen molar-refractivity contribution in [2.45, 2.75) is 13.1 Å². The molecule has 0 fully saturated rings. The third-order valence-corrected chi connectivity index (χ3v) is 2.99. The molecule has 2 aromatic rings. The quantitative estimate of drug-likeness (QED) is 0.894. The van der Waals surface area contributed by atoms with Crippen molar-refractivity contribution in [1.29, 1.82) is 0 Å². The third-order valence-electron chi connectivity index (χ3n) is 2.99. The molecule has 0 atom stereocenters. The van der Waals surface area contributed by atoms with Crippen molar-refractivity contribution in [2.24, 2.45) is 7.05 Å². The van der Waals surface area contributed by atoms with Gasteiger partial charge in [-0.15, -0.1) is 0 Å². The van der Waals surface area contributed by atoms with E-state index in [-0.39, 0.29) is 0 Å². The molecule has 1 aliphatic rings. The standard InChI is InChI=1S/C14H16N2O2/c1-16-5-4-12(9-16)8-15-7-11-2-3-13-14(6-11)18-10-17-13/h2-6,9,15H,7-8,10H2,1H3. The summed E-state index contributed by atoms with van der Waals surface area (Å²) in [6, 6.07) is 8.17. The maximum atomic E-state index is 5.35. The Morgan fingerprint density at radius 3 is 2.78 bits per heavy atom. The summed E-state index contributed by atoms with van der Waals surface area (Å²) >= 11 is 0. The number of nitrogens with zero attached hydrogens (tertiary/aromatic N) is 1. The van der Waals surface area contributed by atoms with Gasteiger partial charge in [-0.25, -0.2) is 0 Å². The molecular weight excluding hydrogens is 228 g/mol. The van der Waals surface area contributed by atoms with Crippen LogP contribution in [0.15, 0.2) is 36.7 Å². The maximum absolute atomic E-state index is 5.35. The van der Waals surface area contributed by atoms with Crippen LogP contribution in [0.5, 0.6) is 11.5 Å². The average molecular weight is 244 g/mol. The van der Waals surface area contributed by atoms with E-state index >= 15 is 0 Å². The van der Waals surface area contributed by atoms with Gasteiger partial charge in [-0.3, -0.25) is 0 Å². The second kappa shape index (κ2) is 4.74. The number of nitrogens with one attached hydrogen (secondary N) is 1. The summed E-state index contributed by atoms with van der Waals surface area (Å²) in [6.07, 6.45) is 4.17. The molecule has 0 spiro atoms. The molecule has 1 N–H and O–H groups in total. The second-order valence-corrected chi connectivity index (χ2v) is 4.48. The van der Waals surface area contributed by atoms with Crippen LogP contribution >= 0.6 is 0 Å². The van der Waals surface area contributed by atoms with Crippen LogP contribution in [-0.2, 0) is 20.1 Å². The largest absolute Gasteiger partial charge is 0.454 e. The maximum Gasteiger partial charge on any atom is 0.231 e. The predicted molar refractivity (Wildman–Crippen MR) is 68.5 cm³/mol. The number of ether oxygens (including phenoxy) is 2. The minimum absolute atomic E-state index is 0.330. The monoisotopic (exact) mass is 244 g/mol. The summed E-state index contributed by atoms with van der Waals surface area (Å²) in [6.45, 7) is 2.02. The minimum atomic E-state index is 0.330. The van der Waals surface area contributed by atoms with Gasteiger partial charge in [0.05, 0.1) is 0 Å². The Balaban J connectivity index is 1.57. The summed E-state index contributed by atoms with van der Waals surface area (Å²) in [5, 5.41) is 3.41. The van der Waals surface area contributed by atoms with Gasteiger partial charge < -0.3 is 19.4 Å². The molecule has 0 saturated heterocycles. The number of aryl methyl sites for hydroxylation is 1. The average Bonchev–Trinajstić information content (AvgIpc) is 2.97. The Morgan fingerprint density at radius 1 is 1.11 bits per heavy atom. The van der Waals surface area contributed by atoms with E-state index < -0.39 is 0 Å². The van der Waals surface area contributed by atoms with Crippen molar-refractivity contribution in [2.75, 3.05) is 6.79 Å². The predicted octanol–water partition coefficient (Wildman–Crippen LogP) is 2.04. The normalized spacial score (nSPS) is 12.9.